The molecule has 0 bridgehead atoms. The number of nitrogens with zero attached hydrogens (tertiary/aromatic N) is 1. The first kappa shape index (κ1) is 13.1. The zero-order chi connectivity index (χ0) is 12.3. The third-order valence-corrected chi connectivity index (χ3v) is 3.31. The molecule has 0 aliphatic heterocycles. The summed E-state index contributed by atoms with van der Waals surface area (Å²) < 4.78 is 0.783. The van der Waals surface area contributed by atoms with Crippen LogP contribution in [0.1, 0.15) is 19.4 Å². The predicted octanol–water partition coefficient (Wildman–Crippen LogP) is 2.07. The Hall–Kier alpha value is -0.940. The van der Waals surface area contributed by atoms with E-state index in [1.165, 1.54) is 0 Å². The summed E-state index contributed by atoms with van der Waals surface area (Å²) in [5.74, 6) is -0.303. The highest BCUT2D eigenvalue weighted by Gasteiger charge is 2.17. The third kappa shape index (κ3) is 3.28. The van der Waals surface area contributed by atoms with Crippen LogP contribution in [0.15, 0.2) is 16.9 Å². The van der Waals surface area contributed by atoms with E-state index in [0.717, 1.165) is 10.2 Å². The van der Waals surface area contributed by atoms with Gasteiger partial charge in [-0.15, -0.1) is 0 Å². The normalized spacial score (nSPS) is 14.3. The maximum Gasteiger partial charge on any atom is 0.228 e. The van der Waals surface area contributed by atoms with E-state index in [1.54, 1.807) is 13.1 Å². The van der Waals surface area contributed by atoms with E-state index in [9.17, 15) is 4.79 Å². The third-order valence-electron chi connectivity index (χ3n) is 2.48. The Kier molecular flexibility index (Phi) is 4.44. The first-order chi connectivity index (χ1) is 7.41. The minimum Gasteiger partial charge on any atom is -0.327 e. The van der Waals surface area contributed by atoms with Crippen LogP contribution in [0.2, 0.25) is 0 Å². The molecule has 0 fully saturated rings. The summed E-state index contributed by atoms with van der Waals surface area (Å²) in [5.41, 5.74) is 7.33. The van der Waals surface area contributed by atoms with Crippen LogP contribution in [-0.2, 0) is 4.79 Å². The van der Waals surface area contributed by atoms with Crippen LogP contribution in [0.4, 0.5) is 5.69 Å². The van der Waals surface area contributed by atoms with Crippen molar-refractivity contribution in [1.82, 2.24) is 4.98 Å². The van der Waals surface area contributed by atoms with Crippen LogP contribution >= 0.6 is 15.9 Å². The monoisotopic (exact) mass is 285 g/mol. The van der Waals surface area contributed by atoms with Crippen molar-refractivity contribution in [2.75, 3.05) is 5.32 Å². The largest absolute Gasteiger partial charge is 0.327 e. The highest BCUT2D eigenvalue weighted by molar-refractivity contribution is 9.10. The Morgan fingerprint density at radius 2 is 2.19 bits per heavy atom. The lowest BCUT2D eigenvalue weighted by atomic mass is 10.0. The van der Waals surface area contributed by atoms with Gasteiger partial charge in [-0.3, -0.25) is 4.79 Å². The van der Waals surface area contributed by atoms with E-state index in [4.69, 9.17) is 5.73 Å². The zero-order valence-electron chi connectivity index (χ0n) is 9.62. The summed E-state index contributed by atoms with van der Waals surface area (Å²) in [7, 11) is 0. The van der Waals surface area contributed by atoms with Crippen molar-refractivity contribution in [2.24, 2.45) is 11.7 Å². The fourth-order valence-corrected chi connectivity index (χ4v) is 1.34. The van der Waals surface area contributed by atoms with Crippen LogP contribution in [0.5, 0.6) is 0 Å². The molecule has 1 heterocycles. The van der Waals surface area contributed by atoms with Gasteiger partial charge in [-0.1, -0.05) is 6.92 Å². The SMILES string of the molecule is Cc1cc(NC(=O)C(C)C(C)N)cnc1Br. The van der Waals surface area contributed by atoms with Crippen molar-refractivity contribution in [3.63, 3.8) is 0 Å². The van der Waals surface area contributed by atoms with E-state index in [2.05, 4.69) is 26.2 Å². The molecule has 1 rings (SSSR count). The van der Waals surface area contributed by atoms with E-state index in [-0.39, 0.29) is 17.9 Å². The molecule has 88 valence electrons. The molecule has 2 atom stereocenters. The lowest BCUT2D eigenvalue weighted by Crippen LogP contribution is -2.34. The molecule has 1 aromatic heterocycles. The number of hydrogen-bond donors (Lipinski definition) is 2. The van der Waals surface area contributed by atoms with Gasteiger partial charge in [-0.05, 0) is 41.4 Å². The number of nitrogens with two attached hydrogens (primary N) is 1. The molecule has 4 nitrogen and oxygen atoms in total. The van der Waals surface area contributed by atoms with Gasteiger partial charge in [0.25, 0.3) is 0 Å². The second-order valence-corrected chi connectivity index (χ2v) is 4.72. The number of carbonyl (C=O) groups is 1. The summed E-state index contributed by atoms with van der Waals surface area (Å²) in [6.07, 6.45) is 1.61. The minimum absolute atomic E-state index is 0.0847. The fourth-order valence-electron chi connectivity index (χ4n) is 1.12. The van der Waals surface area contributed by atoms with Crippen molar-refractivity contribution in [2.45, 2.75) is 26.8 Å². The molecule has 2 unspecified atom stereocenters. The molecule has 3 N–H and O–H groups in total. The lowest BCUT2D eigenvalue weighted by Gasteiger charge is -2.15. The van der Waals surface area contributed by atoms with Crippen LogP contribution in [0.25, 0.3) is 0 Å². The molecule has 0 spiro atoms. The van der Waals surface area contributed by atoms with Gasteiger partial charge in [0.1, 0.15) is 4.60 Å². The van der Waals surface area contributed by atoms with Gasteiger partial charge in [0, 0.05) is 6.04 Å². The van der Waals surface area contributed by atoms with Crippen LogP contribution in [-0.4, -0.2) is 16.9 Å². The van der Waals surface area contributed by atoms with Gasteiger partial charge < -0.3 is 11.1 Å². The number of aryl methyl sites for hydroxylation is 1. The van der Waals surface area contributed by atoms with Gasteiger partial charge in [0.05, 0.1) is 17.8 Å². The second-order valence-electron chi connectivity index (χ2n) is 3.97. The quantitative estimate of drug-likeness (QED) is 0.836. The summed E-state index contributed by atoms with van der Waals surface area (Å²) in [5, 5.41) is 2.79. The molecule has 1 aromatic rings. The summed E-state index contributed by atoms with van der Waals surface area (Å²) in [6, 6.07) is 1.70. The molecule has 0 aromatic carbocycles. The summed E-state index contributed by atoms with van der Waals surface area (Å²) in [6.45, 7) is 5.54. The van der Waals surface area contributed by atoms with Crippen molar-refractivity contribution in [3.8, 4) is 0 Å². The standard InChI is InChI=1S/C11H16BrN3O/c1-6-4-9(5-14-10(6)12)15-11(16)7(2)8(3)13/h4-5,7-8H,13H2,1-3H3,(H,15,16). The van der Waals surface area contributed by atoms with E-state index >= 15 is 0 Å². The Labute approximate surface area is 104 Å². The minimum atomic E-state index is -0.219. The summed E-state index contributed by atoms with van der Waals surface area (Å²) >= 11 is 3.30. The number of pyridine rings is 1. The number of halogens is 1. The van der Waals surface area contributed by atoms with Crippen LogP contribution < -0.4 is 11.1 Å². The van der Waals surface area contributed by atoms with Gasteiger partial charge in [-0.25, -0.2) is 4.98 Å². The van der Waals surface area contributed by atoms with Crippen LogP contribution in [0.3, 0.4) is 0 Å². The number of anilines is 1. The average Bonchev–Trinajstić information content (AvgIpc) is 2.22. The smallest absolute Gasteiger partial charge is 0.228 e. The first-order valence-electron chi connectivity index (χ1n) is 5.10. The molecule has 0 aliphatic carbocycles. The highest BCUT2D eigenvalue weighted by atomic mass is 79.9. The number of aromatic nitrogens is 1. The molecular formula is C11H16BrN3O. The predicted molar refractivity (Wildman–Crippen MR) is 68.1 cm³/mol. The summed E-state index contributed by atoms with van der Waals surface area (Å²) in [4.78, 5) is 15.8. The number of amides is 1. The van der Waals surface area contributed by atoms with E-state index < -0.39 is 0 Å². The van der Waals surface area contributed by atoms with Gasteiger partial charge in [-0.2, -0.15) is 0 Å². The van der Waals surface area contributed by atoms with E-state index in [0.29, 0.717) is 5.69 Å². The highest BCUT2D eigenvalue weighted by Crippen LogP contribution is 2.17. The van der Waals surface area contributed by atoms with E-state index in [1.807, 2.05) is 19.9 Å². The molecule has 1 amide bonds. The maximum absolute atomic E-state index is 11.7. The molecular weight excluding hydrogens is 270 g/mol. The first-order valence-corrected chi connectivity index (χ1v) is 5.89. The van der Waals surface area contributed by atoms with Gasteiger partial charge in [0.2, 0.25) is 5.91 Å². The number of rotatable bonds is 3. The van der Waals surface area contributed by atoms with Crippen LogP contribution in [0, 0.1) is 12.8 Å². The van der Waals surface area contributed by atoms with Gasteiger partial charge >= 0.3 is 0 Å². The molecule has 0 saturated carbocycles. The lowest BCUT2D eigenvalue weighted by molar-refractivity contribution is -0.119. The van der Waals surface area contributed by atoms with Crippen molar-refractivity contribution < 1.29 is 4.79 Å². The van der Waals surface area contributed by atoms with Crippen molar-refractivity contribution >= 4 is 27.5 Å². The Balaban J connectivity index is 2.74. The Morgan fingerprint density at radius 3 is 2.69 bits per heavy atom. The number of hydrogen-bond acceptors (Lipinski definition) is 3. The second kappa shape index (κ2) is 5.41. The van der Waals surface area contributed by atoms with Crippen molar-refractivity contribution in [3.05, 3.63) is 22.4 Å². The average molecular weight is 286 g/mol. The maximum atomic E-state index is 11.7. The topological polar surface area (TPSA) is 68.0 Å². The molecule has 0 saturated heterocycles. The Morgan fingerprint density at radius 1 is 1.56 bits per heavy atom. The number of nitrogens with one attached hydrogen (secondary N) is 1. The van der Waals surface area contributed by atoms with Gasteiger partial charge in [0.15, 0.2) is 0 Å². The van der Waals surface area contributed by atoms with Crippen molar-refractivity contribution in [1.29, 1.82) is 0 Å². The molecule has 5 heteroatoms. The fraction of sp³-hybridized carbons (Fsp3) is 0.455. The number of carbonyl (C=O) groups excluding carboxylic acids is 1. The molecule has 16 heavy (non-hydrogen) atoms. The zero-order valence-corrected chi connectivity index (χ0v) is 11.2. The Bertz CT molecular complexity index is 393. The molecule has 0 aliphatic rings. The molecule has 0 radical (unpaired) electrons.